The van der Waals surface area contributed by atoms with Crippen molar-refractivity contribution >= 4 is 12.7 Å². The lowest BCUT2D eigenvalue weighted by Gasteiger charge is -2.06. The van der Waals surface area contributed by atoms with Crippen LogP contribution in [0.5, 0.6) is 0 Å². The van der Waals surface area contributed by atoms with E-state index >= 15 is 0 Å². The topological polar surface area (TPSA) is 50.1 Å². The van der Waals surface area contributed by atoms with Gasteiger partial charge in [-0.05, 0) is 6.42 Å². The molecule has 1 rings (SSSR count). The summed E-state index contributed by atoms with van der Waals surface area (Å²) in [5.74, 6) is 1.74. The normalized spacial score (nSPS) is 22.9. The van der Waals surface area contributed by atoms with E-state index in [0.717, 1.165) is 19.2 Å². The van der Waals surface area contributed by atoms with E-state index in [1.165, 1.54) is 7.11 Å². The molecule has 58 valence electrons. The van der Waals surface area contributed by atoms with Crippen LogP contribution in [-0.2, 0) is 9.53 Å². The van der Waals surface area contributed by atoms with Gasteiger partial charge in [-0.15, -0.1) is 0 Å². The quantitative estimate of drug-likeness (QED) is 0.412. The Morgan fingerprint density at radius 2 is 2.55 bits per heavy atom. The average molecular weight is 151 g/mol. The predicted molar refractivity (Wildman–Crippen MR) is 41.2 cm³/mol. The number of hydrogen-bond donors (Lipinski definition) is 0. The van der Waals surface area contributed by atoms with Gasteiger partial charge in [0, 0.05) is 5.97 Å². The lowest BCUT2D eigenvalue weighted by molar-refractivity contribution is -0.140. The molecule has 1 aliphatic rings. The molecular weight excluding hydrogens is 141 g/mol. The van der Waals surface area contributed by atoms with Crippen molar-refractivity contribution < 1.29 is 9.53 Å². The SMILES string of the molecule is COC(=O)C1CCCB1C#N. The van der Waals surface area contributed by atoms with Crippen LogP contribution in [0.1, 0.15) is 12.8 Å². The summed E-state index contributed by atoms with van der Waals surface area (Å²) in [5, 5.41) is 8.62. The first-order valence-corrected chi connectivity index (χ1v) is 3.77. The molecule has 0 amide bonds. The number of methoxy groups -OCH3 is 1. The minimum Gasteiger partial charge on any atom is -0.469 e. The molecule has 4 heteroatoms. The maximum absolute atomic E-state index is 11.0. The average Bonchev–Trinajstić information content (AvgIpc) is 2.50. The van der Waals surface area contributed by atoms with Gasteiger partial charge in [-0.3, -0.25) is 4.79 Å². The van der Waals surface area contributed by atoms with Crippen LogP contribution < -0.4 is 0 Å². The van der Waals surface area contributed by atoms with Gasteiger partial charge in [-0.25, -0.2) is 5.26 Å². The molecule has 0 aromatic carbocycles. The molecule has 1 atom stereocenters. The summed E-state index contributed by atoms with van der Waals surface area (Å²) in [7, 11) is 1.37. The van der Waals surface area contributed by atoms with E-state index in [2.05, 4.69) is 10.7 Å². The van der Waals surface area contributed by atoms with Crippen molar-refractivity contribution in [3.63, 3.8) is 0 Å². The maximum Gasteiger partial charge on any atom is 0.302 e. The van der Waals surface area contributed by atoms with Crippen molar-refractivity contribution in [2.45, 2.75) is 25.0 Å². The molecule has 1 unspecified atom stereocenters. The molecule has 0 saturated carbocycles. The van der Waals surface area contributed by atoms with Crippen LogP contribution in [0.25, 0.3) is 0 Å². The Labute approximate surface area is 66.4 Å². The van der Waals surface area contributed by atoms with Gasteiger partial charge in [0.15, 0.2) is 0 Å². The minimum atomic E-state index is -0.228. The highest BCUT2D eigenvalue weighted by atomic mass is 16.5. The molecule has 0 aromatic heterocycles. The Morgan fingerprint density at radius 3 is 3.09 bits per heavy atom. The summed E-state index contributed by atoms with van der Waals surface area (Å²) >= 11 is 0. The van der Waals surface area contributed by atoms with Gasteiger partial charge in [0.2, 0.25) is 0 Å². The van der Waals surface area contributed by atoms with E-state index in [1.807, 2.05) is 0 Å². The fourth-order valence-electron chi connectivity index (χ4n) is 1.55. The van der Waals surface area contributed by atoms with Gasteiger partial charge in [-0.1, -0.05) is 12.7 Å². The molecule has 1 fully saturated rings. The Morgan fingerprint density at radius 1 is 1.82 bits per heavy atom. The molecule has 0 spiro atoms. The summed E-state index contributed by atoms with van der Waals surface area (Å²) < 4.78 is 4.58. The smallest absolute Gasteiger partial charge is 0.302 e. The standard InChI is InChI=1S/C7H10BNO2/c1-11-7(10)6-3-2-4-8(6)5-9/h6H,2-4H2,1H3. The molecule has 0 N–H and O–H groups in total. The summed E-state index contributed by atoms with van der Waals surface area (Å²) in [6.45, 7) is -0.109. The second kappa shape index (κ2) is 3.43. The molecule has 3 nitrogen and oxygen atoms in total. The van der Waals surface area contributed by atoms with Crippen molar-refractivity contribution in [3.05, 3.63) is 0 Å². The van der Waals surface area contributed by atoms with Crippen LogP contribution in [0.3, 0.4) is 0 Å². The summed E-state index contributed by atoms with van der Waals surface area (Å²) in [4.78, 5) is 11.0. The Hall–Kier alpha value is -0.975. The summed E-state index contributed by atoms with van der Waals surface area (Å²) in [5.41, 5.74) is 0. The lowest BCUT2D eigenvalue weighted by Crippen LogP contribution is -2.21. The fourth-order valence-corrected chi connectivity index (χ4v) is 1.55. The van der Waals surface area contributed by atoms with E-state index in [4.69, 9.17) is 5.26 Å². The fraction of sp³-hybridized carbons (Fsp3) is 0.714. The number of esters is 1. The third-order valence-electron chi connectivity index (χ3n) is 2.19. The third kappa shape index (κ3) is 1.54. The van der Waals surface area contributed by atoms with Crippen LogP contribution in [-0.4, -0.2) is 19.8 Å². The lowest BCUT2D eigenvalue weighted by atomic mass is 9.44. The molecule has 11 heavy (non-hydrogen) atoms. The number of nitrogens with zero attached hydrogens (tertiary/aromatic N) is 1. The van der Waals surface area contributed by atoms with Crippen molar-refractivity contribution in [1.82, 2.24) is 0 Å². The Bertz CT molecular complexity index is 199. The second-order valence-corrected chi connectivity index (χ2v) is 2.80. The molecule has 0 aliphatic carbocycles. The van der Waals surface area contributed by atoms with Crippen LogP contribution in [0.4, 0.5) is 0 Å². The predicted octanol–water partition coefficient (Wildman–Crippen LogP) is 0.881. The Balaban J connectivity index is 2.58. The highest BCUT2D eigenvalue weighted by Crippen LogP contribution is 2.30. The zero-order valence-electron chi connectivity index (χ0n) is 6.54. The second-order valence-electron chi connectivity index (χ2n) is 2.80. The van der Waals surface area contributed by atoms with Gasteiger partial charge in [-0.2, -0.15) is 0 Å². The van der Waals surface area contributed by atoms with Crippen LogP contribution >= 0.6 is 0 Å². The molecular formula is C7H10BNO2. The van der Waals surface area contributed by atoms with Gasteiger partial charge in [0.05, 0.1) is 12.9 Å². The first-order chi connectivity index (χ1) is 5.29. The van der Waals surface area contributed by atoms with Gasteiger partial charge < -0.3 is 4.74 Å². The van der Waals surface area contributed by atoms with Crippen LogP contribution in [0.2, 0.25) is 12.1 Å². The first-order valence-electron chi connectivity index (χ1n) is 3.77. The number of hydrogen-bond acceptors (Lipinski definition) is 3. The zero-order valence-corrected chi connectivity index (χ0v) is 6.54. The highest BCUT2D eigenvalue weighted by molar-refractivity contribution is 6.72. The van der Waals surface area contributed by atoms with E-state index in [9.17, 15) is 4.79 Å². The van der Waals surface area contributed by atoms with Crippen molar-refractivity contribution in [2.75, 3.05) is 7.11 Å². The highest BCUT2D eigenvalue weighted by Gasteiger charge is 2.37. The molecule has 0 aromatic rings. The van der Waals surface area contributed by atoms with Gasteiger partial charge in [0.1, 0.15) is 0 Å². The number of carbonyl (C=O) groups excluding carboxylic acids is 1. The summed E-state index contributed by atoms with van der Waals surface area (Å²) in [6, 6.07) is 0. The van der Waals surface area contributed by atoms with E-state index < -0.39 is 0 Å². The Kier molecular flexibility index (Phi) is 2.53. The monoisotopic (exact) mass is 151 g/mol. The first kappa shape index (κ1) is 8.12. The van der Waals surface area contributed by atoms with Crippen molar-refractivity contribution in [3.8, 4) is 5.97 Å². The minimum absolute atomic E-state index is 0.109. The van der Waals surface area contributed by atoms with Gasteiger partial charge >= 0.3 is 5.97 Å². The third-order valence-corrected chi connectivity index (χ3v) is 2.19. The summed E-state index contributed by atoms with van der Waals surface area (Å²) in [6.07, 6.45) is 2.62. The van der Waals surface area contributed by atoms with E-state index in [1.54, 1.807) is 0 Å². The molecule has 0 radical (unpaired) electrons. The van der Waals surface area contributed by atoms with E-state index in [-0.39, 0.29) is 18.5 Å². The molecule has 1 heterocycles. The van der Waals surface area contributed by atoms with Crippen molar-refractivity contribution in [1.29, 1.82) is 5.26 Å². The van der Waals surface area contributed by atoms with Crippen molar-refractivity contribution in [2.24, 2.45) is 0 Å². The molecule has 1 saturated heterocycles. The molecule has 0 bridgehead atoms. The number of carbonyl (C=O) groups is 1. The van der Waals surface area contributed by atoms with Crippen LogP contribution in [0, 0.1) is 11.2 Å². The molecule has 1 aliphatic heterocycles. The van der Waals surface area contributed by atoms with E-state index in [0.29, 0.717) is 0 Å². The number of rotatable bonds is 1. The van der Waals surface area contributed by atoms with Crippen LogP contribution in [0.15, 0.2) is 0 Å². The zero-order chi connectivity index (χ0) is 8.27. The largest absolute Gasteiger partial charge is 0.469 e. The maximum atomic E-state index is 11.0. The van der Waals surface area contributed by atoms with Gasteiger partial charge in [0.25, 0.3) is 6.71 Å². The number of ether oxygens (including phenoxy) is 1. The number of nitriles is 1.